The lowest BCUT2D eigenvalue weighted by atomic mass is 10.0. The van der Waals surface area contributed by atoms with Crippen LogP contribution in [0.15, 0.2) is 0 Å². The minimum Gasteiger partial charge on any atom is -0.356 e. The summed E-state index contributed by atoms with van der Waals surface area (Å²) in [4.78, 5) is 11.1. The van der Waals surface area contributed by atoms with Gasteiger partial charge in [-0.2, -0.15) is 0 Å². The number of hydrogen-bond donors (Lipinski definition) is 1. The molecule has 2 rings (SSSR count). The van der Waals surface area contributed by atoms with Crippen LogP contribution in [0.1, 0.15) is 12.8 Å². The Morgan fingerprint density at radius 3 is 2.75 bits per heavy atom. The molecule has 68 valence electrons. The van der Waals surface area contributed by atoms with Crippen molar-refractivity contribution in [2.24, 2.45) is 5.92 Å². The summed E-state index contributed by atoms with van der Waals surface area (Å²) in [5.41, 5.74) is 0. The Morgan fingerprint density at radius 1 is 1.42 bits per heavy atom. The maximum atomic E-state index is 11.1. The van der Waals surface area contributed by atoms with E-state index >= 15 is 0 Å². The maximum Gasteiger partial charge on any atom is 0.223 e. The first kappa shape index (κ1) is 8.01. The Labute approximate surface area is 71.2 Å². The summed E-state index contributed by atoms with van der Waals surface area (Å²) in [6.45, 7) is 2.13. The summed E-state index contributed by atoms with van der Waals surface area (Å²) in [5, 5.41) is 2.79. The Bertz CT molecular complexity index is 177. The van der Waals surface area contributed by atoms with Gasteiger partial charge in [0, 0.05) is 18.9 Å². The van der Waals surface area contributed by atoms with Crippen LogP contribution in [0.3, 0.4) is 0 Å². The van der Waals surface area contributed by atoms with Crippen molar-refractivity contribution in [2.75, 3.05) is 19.8 Å². The van der Waals surface area contributed by atoms with E-state index in [0.29, 0.717) is 19.6 Å². The van der Waals surface area contributed by atoms with E-state index in [-0.39, 0.29) is 18.1 Å². The molecular formula is C8H13NO3. The number of ether oxygens (including phenoxy) is 2. The van der Waals surface area contributed by atoms with Crippen LogP contribution in [0.25, 0.3) is 0 Å². The van der Waals surface area contributed by atoms with Crippen molar-refractivity contribution in [3.8, 4) is 0 Å². The number of hydrogen-bond acceptors (Lipinski definition) is 3. The molecule has 0 aromatic heterocycles. The molecule has 0 radical (unpaired) electrons. The van der Waals surface area contributed by atoms with Crippen LogP contribution >= 0.6 is 0 Å². The van der Waals surface area contributed by atoms with Crippen LogP contribution in [0.4, 0.5) is 0 Å². The monoisotopic (exact) mass is 171 g/mol. The Balaban J connectivity index is 1.81. The Kier molecular flexibility index (Phi) is 2.28. The molecule has 1 atom stereocenters. The van der Waals surface area contributed by atoms with E-state index in [9.17, 15) is 4.79 Å². The fourth-order valence-corrected chi connectivity index (χ4v) is 1.65. The normalized spacial score (nSPS) is 31.0. The molecule has 4 nitrogen and oxygen atoms in total. The molecule has 4 heteroatoms. The molecule has 12 heavy (non-hydrogen) atoms. The lowest BCUT2D eigenvalue weighted by Crippen LogP contribution is -2.23. The second-order valence-electron chi connectivity index (χ2n) is 3.18. The summed E-state index contributed by atoms with van der Waals surface area (Å²) in [6.07, 6.45) is 1.49. The van der Waals surface area contributed by atoms with E-state index in [0.717, 1.165) is 13.0 Å². The van der Waals surface area contributed by atoms with Gasteiger partial charge in [0.2, 0.25) is 5.91 Å². The average Bonchev–Trinajstić information content (AvgIpc) is 2.65. The van der Waals surface area contributed by atoms with Crippen molar-refractivity contribution in [1.29, 1.82) is 0 Å². The van der Waals surface area contributed by atoms with E-state index in [1.165, 1.54) is 0 Å². The predicted molar refractivity (Wildman–Crippen MR) is 41.4 cm³/mol. The van der Waals surface area contributed by atoms with Crippen molar-refractivity contribution >= 4 is 5.91 Å². The molecule has 1 N–H and O–H groups in total. The van der Waals surface area contributed by atoms with Gasteiger partial charge in [0.1, 0.15) is 0 Å². The highest BCUT2D eigenvalue weighted by molar-refractivity contribution is 5.80. The van der Waals surface area contributed by atoms with Crippen LogP contribution in [0.2, 0.25) is 0 Å². The highest BCUT2D eigenvalue weighted by Crippen LogP contribution is 2.20. The summed E-state index contributed by atoms with van der Waals surface area (Å²) >= 11 is 0. The largest absolute Gasteiger partial charge is 0.356 e. The maximum absolute atomic E-state index is 11.1. The van der Waals surface area contributed by atoms with Gasteiger partial charge in [0.15, 0.2) is 6.29 Å². The number of amides is 1. The molecule has 1 unspecified atom stereocenters. The number of carbonyl (C=O) groups excluding carboxylic acids is 1. The Morgan fingerprint density at radius 2 is 2.17 bits per heavy atom. The minimum absolute atomic E-state index is 0.105. The highest BCUT2D eigenvalue weighted by atomic mass is 16.7. The quantitative estimate of drug-likeness (QED) is 0.630. The molecule has 2 aliphatic rings. The highest BCUT2D eigenvalue weighted by Gasteiger charge is 2.29. The summed E-state index contributed by atoms with van der Waals surface area (Å²) < 4.78 is 10.5. The van der Waals surface area contributed by atoms with Crippen LogP contribution in [-0.4, -0.2) is 32.0 Å². The van der Waals surface area contributed by atoms with Crippen molar-refractivity contribution in [3.05, 3.63) is 0 Å². The first-order valence-corrected chi connectivity index (χ1v) is 4.37. The second kappa shape index (κ2) is 3.41. The summed E-state index contributed by atoms with van der Waals surface area (Å²) in [5.74, 6) is 0.252. The lowest BCUT2D eigenvalue weighted by Gasteiger charge is -2.11. The van der Waals surface area contributed by atoms with Crippen LogP contribution in [0, 0.1) is 5.92 Å². The van der Waals surface area contributed by atoms with Gasteiger partial charge in [0.05, 0.1) is 13.2 Å². The van der Waals surface area contributed by atoms with Gasteiger partial charge >= 0.3 is 0 Å². The topological polar surface area (TPSA) is 47.6 Å². The molecular weight excluding hydrogens is 158 g/mol. The third kappa shape index (κ3) is 1.59. The predicted octanol–water partition coefficient (Wildman–Crippen LogP) is -0.115. The van der Waals surface area contributed by atoms with E-state index < -0.39 is 0 Å². The van der Waals surface area contributed by atoms with Gasteiger partial charge in [-0.1, -0.05) is 0 Å². The smallest absolute Gasteiger partial charge is 0.223 e. The minimum atomic E-state index is -0.140. The fraction of sp³-hybridized carbons (Fsp3) is 0.875. The average molecular weight is 171 g/mol. The molecule has 0 spiro atoms. The SMILES string of the molecule is O=C1NCCC1CC1OCCO1. The fourth-order valence-electron chi connectivity index (χ4n) is 1.65. The standard InChI is InChI=1S/C8H13NO3/c10-8-6(1-2-9-8)5-7-11-3-4-12-7/h6-7H,1-5H2,(H,9,10). The lowest BCUT2D eigenvalue weighted by molar-refractivity contribution is -0.126. The van der Waals surface area contributed by atoms with Crippen molar-refractivity contribution in [1.82, 2.24) is 5.32 Å². The van der Waals surface area contributed by atoms with E-state index in [2.05, 4.69) is 5.32 Å². The molecule has 0 aromatic carbocycles. The molecule has 0 bridgehead atoms. The van der Waals surface area contributed by atoms with Gasteiger partial charge < -0.3 is 14.8 Å². The van der Waals surface area contributed by atoms with E-state index in [1.807, 2.05) is 0 Å². The number of rotatable bonds is 2. The van der Waals surface area contributed by atoms with Gasteiger partial charge in [0.25, 0.3) is 0 Å². The molecule has 2 aliphatic heterocycles. The summed E-state index contributed by atoms with van der Waals surface area (Å²) in [6, 6.07) is 0. The zero-order chi connectivity index (χ0) is 8.39. The zero-order valence-corrected chi connectivity index (χ0v) is 6.91. The van der Waals surface area contributed by atoms with Crippen molar-refractivity contribution in [2.45, 2.75) is 19.1 Å². The first-order valence-electron chi connectivity index (χ1n) is 4.37. The van der Waals surface area contributed by atoms with Crippen LogP contribution in [0.5, 0.6) is 0 Å². The van der Waals surface area contributed by atoms with Crippen molar-refractivity contribution in [3.63, 3.8) is 0 Å². The van der Waals surface area contributed by atoms with Crippen molar-refractivity contribution < 1.29 is 14.3 Å². The van der Waals surface area contributed by atoms with Crippen LogP contribution < -0.4 is 5.32 Å². The van der Waals surface area contributed by atoms with Gasteiger partial charge in [-0.25, -0.2) is 0 Å². The van der Waals surface area contributed by atoms with Gasteiger partial charge in [-0.15, -0.1) is 0 Å². The molecule has 0 aliphatic carbocycles. The third-order valence-corrected chi connectivity index (χ3v) is 2.33. The van der Waals surface area contributed by atoms with Crippen LogP contribution in [-0.2, 0) is 14.3 Å². The third-order valence-electron chi connectivity index (χ3n) is 2.33. The Hall–Kier alpha value is -0.610. The molecule has 2 saturated heterocycles. The number of nitrogens with one attached hydrogen (secondary N) is 1. The van der Waals surface area contributed by atoms with Gasteiger partial charge in [-0.3, -0.25) is 4.79 Å². The van der Waals surface area contributed by atoms with E-state index in [4.69, 9.17) is 9.47 Å². The summed E-state index contributed by atoms with van der Waals surface area (Å²) in [7, 11) is 0. The van der Waals surface area contributed by atoms with E-state index in [1.54, 1.807) is 0 Å². The number of carbonyl (C=O) groups is 1. The molecule has 2 fully saturated rings. The molecule has 2 heterocycles. The molecule has 1 amide bonds. The second-order valence-corrected chi connectivity index (χ2v) is 3.18. The zero-order valence-electron chi connectivity index (χ0n) is 6.91. The molecule has 0 aromatic rings. The van der Waals surface area contributed by atoms with Gasteiger partial charge in [-0.05, 0) is 6.42 Å². The molecule has 0 saturated carbocycles. The first-order chi connectivity index (χ1) is 5.86.